The van der Waals surface area contributed by atoms with E-state index in [1.807, 2.05) is 30.3 Å². The number of imidazole rings is 1. The first-order valence-electron chi connectivity index (χ1n) is 7.96. The zero-order chi connectivity index (χ0) is 16.1. The van der Waals surface area contributed by atoms with Crippen molar-refractivity contribution in [3.8, 4) is 5.75 Å². The number of aromatic nitrogens is 2. The van der Waals surface area contributed by atoms with Gasteiger partial charge in [-0.1, -0.05) is 31.2 Å². The van der Waals surface area contributed by atoms with Crippen molar-refractivity contribution in [1.82, 2.24) is 9.55 Å². The van der Waals surface area contributed by atoms with E-state index in [1.54, 1.807) is 7.11 Å². The molecule has 0 atom stereocenters. The van der Waals surface area contributed by atoms with E-state index < -0.39 is 0 Å². The van der Waals surface area contributed by atoms with Gasteiger partial charge >= 0.3 is 0 Å². The summed E-state index contributed by atoms with van der Waals surface area (Å²) < 4.78 is 13.3. The number of fused-ring (bicyclic) bond motifs is 1. The largest absolute Gasteiger partial charge is 0.492 e. The molecule has 1 aromatic heterocycles. The van der Waals surface area contributed by atoms with Crippen LogP contribution in [0.5, 0.6) is 5.75 Å². The minimum absolute atomic E-state index is 0.500. The highest BCUT2D eigenvalue weighted by molar-refractivity contribution is 5.75. The van der Waals surface area contributed by atoms with E-state index in [-0.39, 0.29) is 0 Å². The van der Waals surface area contributed by atoms with E-state index in [9.17, 15) is 0 Å². The Morgan fingerprint density at radius 3 is 2.57 bits per heavy atom. The third-order valence-corrected chi connectivity index (χ3v) is 3.92. The van der Waals surface area contributed by atoms with Gasteiger partial charge in [-0.3, -0.25) is 0 Å². The summed E-state index contributed by atoms with van der Waals surface area (Å²) in [4.78, 5) is 4.63. The summed E-state index contributed by atoms with van der Waals surface area (Å²) in [5.41, 5.74) is 3.43. The summed E-state index contributed by atoms with van der Waals surface area (Å²) in [6, 6.07) is 16.4. The van der Waals surface area contributed by atoms with Gasteiger partial charge in [0.25, 0.3) is 0 Å². The van der Waals surface area contributed by atoms with Gasteiger partial charge in [0.05, 0.1) is 17.6 Å². The van der Waals surface area contributed by atoms with E-state index >= 15 is 0 Å². The molecular weight excluding hydrogens is 288 g/mol. The zero-order valence-electron chi connectivity index (χ0n) is 13.7. The van der Waals surface area contributed by atoms with Gasteiger partial charge in [-0.15, -0.1) is 0 Å². The third kappa shape index (κ3) is 3.54. The Hall–Kier alpha value is -2.33. The molecule has 120 valence electrons. The van der Waals surface area contributed by atoms with Crippen LogP contribution in [-0.4, -0.2) is 23.3 Å². The van der Waals surface area contributed by atoms with Gasteiger partial charge in [0.1, 0.15) is 24.8 Å². The third-order valence-electron chi connectivity index (χ3n) is 3.92. The molecule has 0 aliphatic carbocycles. The standard InChI is InChI=1S/C19H22N2O2/c1-3-15-8-10-16(11-9-15)23-13-12-21-18-7-5-4-6-17(18)20-19(21)14-22-2/h4-11H,3,12-14H2,1-2H3. The second-order valence-corrected chi connectivity index (χ2v) is 5.45. The van der Waals surface area contributed by atoms with Gasteiger partial charge in [0.15, 0.2) is 0 Å². The van der Waals surface area contributed by atoms with Crippen LogP contribution in [0.25, 0.3) is 11.0 Å². The maximum atomic E-state index is 5.87. The van der Waals surface area contributed by atoms with Crippen LogP contribution in [0.2, 0.25) is 0 Å². The number of hydrogen-bond donors (Lipinski definition) is 0. The van der Waals surface area contributed by atoms with Crippen LogP contribution in [-0.2, 0) is 24.3 Å². The Kier molecular flexibility index (Phi) is 4.93. The number of methoxy groups -OCH3 is 1. The van der Waals surface area contributed by atoms with Gasteiger partial charge < -0.3 is 14.0 Å². The fourth-order valence-electron chi connectivity index (χ4n) is 2.69. The average molecular weight is 310 g/mol. The van der Waals surface area contributed by atoms with Crippen LogP contribution in [0.3, 0.4) is 0 Å². The van der Waals surface area contributed by atoms with Crippen LogP contribution in [0.15, 0.2) is 48.5 Å². The predicted molar refractivity (Wildman–Crippen MR) is 91.8 cm³/mol. The summed E-state index contributed by atoms with van der Waals surface area (Å²) in [7, 11) is 1.69. The highest BCUT2D eigenvalue weighted by atomic mass is 16.5. The smallest absolute Gasteiger partial charge is 0.136 e. The Morgan fingerprint density at radius 2 is 1.83 bits per heavy atom. The fourth-order valence-corrected chi connectivity index (χ4v) is 2.69. The molecule has 0 radical (unpaired) electrons. The quantitative estimate of drug-likeness (QED) is 0.665. The lowest BCUT2D eigenvalue weighted by Crippen LogP contribution is -2.11. The SMILES string of the molecule is CCc1ccc(OCCn2c(COC)nc3ccccc32)cc1. The maximum absolute atomic E-state index is 5.87. The maximum Gasteiger partial charge on any atom is 0.136 e. The molecule has 1 heterocycles. The van der Waals surface area contributed by atoms with Crippen molar-refractivity contribution in [3.63, 3.8) is 0 Å². The van der Waals surface area contributed by atoms with E-state index in [1.165, 1.54) is 5.56 Å². The summed E-state index contributed by atoms with van der Waals surface area (Å²) >= 11 is 0. The summed E-state index contributed by atoms with van der Waals surface area (Å²) in [6.45, 7) is 3.99. The molecule has 0 amide bonds. The van der Waals surface area contributed by atoms with Crippen molar-refractivity contribution in [1.29, 1.82) is 0 Å². The Balaban J connectivity index is 1.71. The minimum Gasteiger partial charge on any atom is -0.492 e. The topological polar surface area (TPSA) is 36.3 Å². The van der Waals surface area contributed by atoms with Gasteiger partial charge in [-0.05, 0) is 36.2 Å². The normalized spacial score (nSPS) is 11.0. The van der Waals surface area contributed by atoms with Crippen molar-refractivity contribution in [2.75, 3.05) is 13.7 Å². The van der Waals surface area contributed by atoms with Crippen molar-refractivity contribution >= 4 is 11.0 Å². The first-order chi connectivity index (χ1) is 11.3. The molecule has 0 bridgehead atoms. The highest BCUT2D eigenvalue weighted by Crippen LogP contribution is 2.17. The predicted octanol–water partition coefficient (Wildman–Crippen LogP) is 3.82. The molecule has 0 spiro atoms. The molecule has 0 fully saturated rings. The number of hydrogen-bond acceptors (Lipinski definition) is 3. The van der Waals surface area contributed by atoms with Crippen LogP contribution < -0.4 is 4.74 Å². The van der Waals surface area contributed by atoms with Crippen molar-refractivity contribution in [2.24, 2.45) is 0 Å². The van der Waals surface area contributed by atoms with Crippen molar-refractivity contribution in [2.45, 2.75) is 26.5 Å². The second-order valence-electron chi connectivity index (χ2n) is 5.45. The lowest BCUT2D eigenvalue weighted by molar-refractivity contribution is 0.173. The van der Waals surface area contributed by atoms with Crippen LogP contribution >= 0.6 is 0 Å². The number of ether oxygens (including phenoxy) is 2. The number of benzene rings is 2. The van der Waals surface area contributed by atoms with Crippen molar-refractivity contribution < 1.29 is 9.47 Å². The van der Waals surface area contributed by atoms with Gasteiger partial charge in [-0.25, -0.2) is 4.98 Å². The molecule has 0 saturated heterocycles. The minimum atomic E-state index is 0.500. The molecule has 3 rings (SSSR count). The van der Waals surface area contributed by atoms with E-state index in [0.29, 0.717) is 13.2 Å². The molecule has 23 heavy (non-hydrogen) atoms. The summed E-state index contributed by atoms with van der Waals surface area (Å²) in [5.74, 6) is 1.83. The van der Waals surface area contributed by atoms with Crippen LogP contribution in [0.1, 0.15) is 18.3 Å². The molecule has 4 heteroatoms. The molecule has 0 saturated carbocycles. The zero-order valence-corrected chi connectivity index (χ0v) is 13.7. The van der Waals surface area contributed by atoms with Gasteiger partial charge in [-0.2, -0.15) is 0 Å². The molecule has 0 N–H and O–H groups in total. The monoisotopic (exact) mass is 310 g/mol. The average Bonchev–Trinajstić information content (AvgIpc) is 2.94. The molecule has 2 aromatic carbocycles. The first kappa shape index (κ1) is 15.6. The highest BCUT2D eigenvalue weighted by Gasteiger charge is 2.10. The number of aryl methyl sites for hydroxylation is 1. The van der Waals surface area contributed by atoms with Gasteiger partial charge in [0, 0.05) is 7.11 Å². The van der Waals surface area contributed by atoms with Crippen LogP contribution in [0, 0.1) is 0 Å². The van der Waals surface area contributed by atoms with E-state index in [4.69, 9.17) is 9.47 Å². The number of rotatable bonds is 7. The van der Waals surface area contributed by atoms with E-state index in [2.05, 4.69) is 34.7 Å². The lowest BCUT2D eigenvalue weighted by atomic mass is 10.2. The Bertz CT molecular complexity index is 763. The van der Waals surface area contributed by atoms with Gasteiger partial charge in [0.2, 0.25) is 0 Å². The summed E-state index contributed by atoms with van der Waals surface area (Å²) in [6.07, 6.45) is 1.04. The Labute approximate surface area is 136 Å². The molecule has 4 nitrogen and oxygen atoms in total. The van der Waals surface area contributed by atoms with Crippen LogP contribution in [0.4, 0.5) is 0 Å². The number of para-hydroxylation sites is 2. The fraction of sp³-hybridized carbons (Fsp3) is 0.316. The molecular formula is C19H22N2O2. The van der Waals surface area contributed by atoms with Crippen molar-refractivity contribution in [3.05, 3.63) is 59.9 Å². The Morgan fingerprint density at radius 1 is 1.04 bits per heavy atom. The lowest BCUT2D eigenvalue weighted by Gasteiger charge is -2.11. The number of nitrogens with zero attached hydrogens (tertiary/aromatic N) is 2. The molecule has 0 aliphatic rings. The molecule has 0 unspecified atom stereocenters. The molecule has 0 aliphatic heterocycles. The van der Waals surface area contributed by atoms with E-state index in [0.717, 1.165) is 35.6 Å². The summed E-state index contributed by atoms with van der Waals surface area (Å²) in [5, 5.41) is 0. The first-order valence-corrected chi connectivity index (χ1v) is 7.96. The second kappa shape index (κ2) is 7.29. The molecule has 3 aromatic rings.